The van der Waals surface area contributed by atoms with Crippen molar-refractivity contribution in [3.05, 3.63) is 46.6 Å². The summed E-state index contributed by atoms with van der Waals surface area (Å²) in [5.74, 6) is 6.64. The van der Waals surface area contributed by atoms with E-state index in [1.807, 2.05) is 13.8 Å². The van der Waals surface area contributed by atoms with Gasteiger partial charge in [0, 0.05) is 5.57 Å². The lowest BCUT2D eigenvalue weighted by Crippen LogP contribution is -2.21. The van der Waals surface area contributed by atoms with Gasteiger partial charge in [-0.05, 0) is 49.7 Å². The Morgan fingerprint density at radius 1 is 1.35 bits per heavy atom. The molecule has 0 amide bonds. The van der Waals surface area contributed by atoms with Crippen LogP contribution in [0.3, 0.4) is 0 Å². The molecule has 0 bridgehead atoms. The van der Waals surface area contributed by atoms with Crippen LogP contribution in [0.15, 0.2) is 46.6 Å². The summed E-state index contributed by atoms with van der Waals surface area (Å²) in [5.41, 5.74) is 4.14. The molecule has 2 N–H and O–H groups in total. The van der Waals surface area contributed by atoms with E-state index in [0.29, 0.717) is 5.92 Å². The normalized spacial score (nSPS) is 24.8. The van der Waals surface area contributed by atoms with Crippen molar-refractivity contribution in [2.75, 3.05) is 6.61 Å². The second-order valence-corrected chi connectivity index (χ2v) is 7.03. The fourth-order valence-electron chi connectivity index (χ4n) is 2.72. The van der Waals surface area contributed by atoms with Crippen molar-refractivity contribution in [3.8, 4) is 11.8 Å². The highest BCUT2D eigenvalue weighted by Gasteiger charge is 2.27. The molecule has 0 aliphatic heterocycles. The van der Waals surface area contributed by atoms with Crippen molar-refractivity contribution in [1.29, 1.82) is 0 Å². The Bertz CT molecular complexity index is 603. The monoisotopic (exact) mass is 314 g/mol. The van der Waals surface area contributed by atoms with Gasteiger partial charge < -0.3 is 10.2 Å². The molecule has 1 aliphatic rings. The molecule has 126 valence electrons. The van der Waals surface area contributed by atoms with Crippen molar-refractivity contribution >= 4 is 0 Å². The molecule has 2 heteroatoms. The van der Waals surface area contributed by atoms with Gasteiger partial charge in [-0.1, -0.05) is 62.5 Å². The molecule has 0 aromatic rings. The quantitative estimate of drug-likeness (QED) is 0.606. The lowest BCUT2D eigenvalue weighted by atomic mass is 9.71. The second-order valence-electron chi connectivity index (χ2n) is 7.03. The molecule has 0 heterocycles. The Labute approximate surface area is 141 Å². The third-order valence-electron chi connectivity index (χ3n) is 4.55. The van der Waals surface area contributed by atoms with Gasteiger partial charge in [-0.25, -0.2) is 0 Å². The van der Waals surface area contributed by atoms with Gasteiger partial charge in [0.25, 0.3) is 0 Å². The molecule has 0 aromatic heterocycles. The molecule has 0 saturated heterocycles. The van der Waals surface area contributed by atoms with E-state index in [4.69, 9.17) is 5.11 Å². The number of allylic oxidation sites excluding steroid dienone is 7. The minimum absolute atomic E-state index is 0.190. The average Bonchev–Trinajstić information content (AvgIpc) is 2.49. The van der Waals surface area contributed by atoms with E-state index < -0.39 is 6.10 Å². The van der Waals surface area contributed by atoms with Crippen molar-refractivity contribution in [3.63, 3.8) is 0 Å². The summed E-state index contributed by atoms with van der Waals surface area (Å²) in [6.45, 7) is 12.2. The zero-order chi connectivity index (χ0) is 17.6. The number of hydrogen-bond donors (Lipinski definition) is 2. The lowest BCUT2D eigenvalue weighted by Gasteiger charge is -2.33. The highest BCUT2D eigenvalue weighted by molar-refractivity contribution is 5.41. The Morgan fingerprint density at radius 2 is 2.00 bits per heavy atom. The molecule has 1 rings (SSSR count). The average molecular weight is 314 g/mol. The van der Waals surface area contributed by atoms with Crippen LogP contribution in [-0.2, 0) is 0 Å². The zero-order valence-electron chi connectivity index (χ0n) is 15.3. The van der Waals surface area contributed by atoms with E-state index in [1.165, 1.54) is 5.57 Å². The first-order chi connectivity index (χ1) is 10.7. The van der Waals surface area contributed by atoms with Crippen LogP contribution < -0.4 is 0 Å². The number of aliphatic hydroxyl groups is 2. The van der Waals surface area contributed by atoms with Gasteiger partial charge >= 0.3 is 0 Å². The fourth-order valence-corrected chi connectivity index (χ4v) is 2.72. The topological polar surface area (TPSA) is 40.5 Å². The first-order valence-electron chi connectivity index (χ1n) is 8.23. The molecule has 0 saturated carbocycles. The number of rotatable bonds is 3. The van der Waals surface area contributed by atoms with E-state index in [1.54, 1.807) is 6.92 Å². The molecular weight excluding hydrogens is 284 g/mol. The van der Waals surface area contributed by atoms with Gasteiger partial charge in [-0.3, -0.25) is 0 Å². The predicted octanol–water partition coefficient (Wildman–Crippen LogP) is 4.17. The Kier molecular flexibility index (Phi) is 7.06. The molecule has 0 fully saturated rings. The third-order valence-corrected chi connectivity index (χ3v) is 4.55. The SMILES string of the molecule is C/C(C#C/C(C)=C(\C)C(O)CO)=C\C=C1\C(C)C=CCC1(C)C. The molecule has 0 aromatic carbocycles. The highest BCUT2D eigenvalue weighted by atomic mass is 16.3. The van der Waals surface area contributed by atoms with Crippen LogP contribution in [0.1, 0.15) is 48.0 Å². The van der Waals surface area contributed by atoms with Crippen LogP contribution in [0.4, 0.5) is 0 Å². The molecule has 1 aliphatic carbocycles. The molecular formula is C21H30O2. The number of hydrogen-bond acceptors (Lipinski definition) is 2. The van der Waals surface area contributed by atoms with E-state index in [-0.39, 0.29) is 12.0 Å². The standard InChI is InChI=1S/C21H30O2/c1-15(9-11-16(2)18(4)20(23)14-22)10-12-19-17(3)8-7-13-21(19,5)6/h7-8,10,12,17,20,22-23H,13-14H2,1-6H3/b15-10+,18-16+,19-12-. The van der Waals surface area contributed by atoms with Gasteiger partial charge in [0.15, 0.2) is 0 Å². The molecule has 23 heavy (non-hydrogen) atoms. The maximum Gasteiger partial charge on any atom is 0.0989 e. The summed E-state index contributed by atoms with van der Waals surface area (Å²) in [4.78, 5) is 0. The van der Waals surface area contributed by atoms with Crippen molar-refractivity contribution < 1.29 is 10.2 Å². The minimum Gasteiger partial charge on any atom is -0.393 e. The fraction of sp³-hybridized carbons (Fsp3) is 0.524. The summed E-state index contributed by atoms with van der Waals surface area (Å²) < 4.78 is 0. The van der Waals surface area contributed by atoms with Crippen molar-refractivity contribution in [2.24, 2.45) is 11.3 Å². The van der Waals surface area contributed by atoms with Gasteiger partial charge in [0.1, 0.15) is 0 Å². The first-order valence-corrected chi connectivity index (χ1v) is 8.23. The maximum atomic E-state index is 9.62. The Morgan fingerprint density at radius 3 is 2.57 bits per heavy atom. The first kappa shape index (κ1) is 19.5. The largest absolute Gasteiger partial charge is 0.393 e. The van der Waals surface area contributed by atoms with E-state index >= 15 is 0 Å². The molecule has 0 radical (unpaired) electrons. The predicted molar refractivity (Wildman–Crippen MR) is 97.8 cm³/mol. The van der Waals surface area contributed by atoms with E-state index in [9.17, 15) is 5.11 Å². The Hall–Kier alpha value is -1.56. The van der Waals surface area contributed by atoms with Crippen molar-refractivity contribution in [1.82, 2.24) is 0 Å². The summed E-state index contributed by atoms with van der Waals surface area (Å²) in [6.07, 6.45) is 9.05. The van der Waals surface area contributed by atoms with Gasteiger partial charge in [0.2, 0.25) is 0 Å². The molecule has 2 nitrogen and oxygen atoms in total. The van der Waals surface area contributed by atoms with Gasteiger partial charge in [-0.2, -0.15) is 0 Å². The summed E-state index contributed by atoms with van der Waals surface area (Å²) in [7, 11) is 0. The summed E-state index contributed by atoms with van der Waals surface area (Å²) >= 11 is 0. The van der Waals surface area contributed by atoms with Crippen molar-refractivity contribution in [2.45, 2.75) is 54.1 Å². The van der Waals surface area contributed by atoms with E-state index in [2.05, 4.69) is 56.9 Å². The summed E-state index contributed by atoms with van der Waals surface area (Å²) in [5, 5.41) is 18.6. The lowest BCUT2D eigenvalue weighted by molar-refractivity contribution is 0.122. The van der Waals surface area contributed by atoms with Gasteiger partial charge in [0.05, 0.1) is 12.7 Å². The van der Waals surface area contributed by atoms with E-state index in [0.717, 1.165) is 23.1 Å². The third kappa shape index (κ3) is 5.53. The highest BCUT2D eigenvalue weighted by Crippen LogP contribution is 2.39. The second kappa shape index (κ2) is 8.34. The zero-order valence-corrected chi connectivity index (χ0v) is 15.3. The van der Waals surface area contributed by atoms with Crippen LogP contribution in [0.5, 0.6) is 0 Å². The van der Waals surface area contributed by atoms with Crippen LogP contribution in [0.2, 0.25) is 0 Å². The van der Waals surface area contributed by atoms with Crippen LogP contribution in [0, 0.1) is 23.2 Å². The van der Waals surface area contributed by atoms with Gasteiger partial charge in [-0.15, -0.1) is 0 Å². The summed E-state index contributed by atoms with van der Waals surface area (Å²) in [6, 6.07) is 0. The molecule has 2 unspecified atom stereocenters. The Balaban J connectivity index is 2.97. The minimum atomic E-state index is -0.827. The smallest absolute Gasteiger partial charge is 0.0989 e. The maximum absolute atomic E-state index is 9.62. The molecule has 0 spiro atoms. The number of aliphatic hydroxyl groups excluding tert-OH is 2. The molecule has 2 atom stereocenters. The van der Waals surface area contributed by atoms with Crippen LogP contribution in [-0.4, -0.2) is 22.9 Å². The van der Waals surface area contributed by atoms with Crippen LogP contribution >= 0.6 is 0 Å². The van der Waals surface area contributed by atoms with Crippen LogP contribution in [0.25, 0.3) is 0 Å².